The van der Waals surface area contributed by atoms with Gasteiger partial charge in [-0.05, 0) is 31.9 Å². The van der Waals surface area contributed by atoms with Crippen LogP contribution in [-0.2, 0) is 6.61 Å². The first-order valence-electron chi connectivity index (χ1n) is 9.04. The molecule has 1 aromatic heterocycles. The summed E-state index contributed by atoms with van der Waals surface area (Å²) in [6.07, 6.45) is 4.12. The summed E-state index contributed by atoms with van der Waals surface area (Å²) in [5.41, 5.74) is 1.92. The van der Waals surface area contributed by atoms with Crippen molar-refractivity contribution >= 4 is 0 Å². The molecule has 1 heterocycles. The van der Waals surface area contributed by atoms with Crippen molar-refractivity contribution in [2.45, 2.75) is 53.1 Å². The molecule has 0 aliphatic rings. The minimum absolute atomic E-state index is 0.343. The van der Waals surface area contributed by atoms with Gasteiger partial charge in [-0.15, -0.1) is 10.2 Å². The first kappa shape index (κ1) is 19.0. The third kappa shape index (κ3) is 6.61. The second kappa shape index (κ2) is 10.5. The minimum atomic E-state index is 0.343. The van der Waals surface area contributed by atoms with E-state index in [2.05, 4.69) is 24.0 Å². The number of ether oxygens (including phenoxy) is 3. The zero-order valence-electron chi connectivity index (χ0n) is 15.5. The largest absolute Gasteiger partial charge is 0.488 e. The predicted octanol–water partition coefficient (Wildman–Crippen LogP) is 4.72. The number of hydrogen-bond acceptors (Lipinski definition) is 5. The minimum Gasteiger partial charge on any atom is -0.488 e. The van der Waals surface area contributed by atoms with Crippen LogP contribution < -0.4 is 14.2 Å². The summed E-state index contributed by atoms with van der Waals surface area (Å²) >= 11 is 0. The van der Waals surface area contributed by atoms with Crippen molar-refractivity contribution < 1.29 is 14.2 Å². The fraction of sp³-hybridized carbons (Fsp3) is 0.500. The summed E-state index contributed by atoms with van der Waals surface area (Å²) in [6, 6.07) is 9.79. The molecule has 2 rings (SSSR count). The van der Waals surface area contributed by atoms with Crippen LogP contribution in [0.4, 0.5) is 0 Å². The van der Waals surface area contributed by atoms with E-state index in [0.29, 0.717) is 31.5 Å². The van der Waals surface area contributed by atoms with Crippen molar-refractivity contribution in [2.75, 3.05) is 13.2 Å². The molecule has 25 heavy (non-hydrogen) atoms. The average Bonchev–Trinajstić information content (AvgIpc) is 2.63. The molecule has 0 N–H and O–H groups in total. The van der Waals surface area contributed by atoms with Crippen molar-refractivity contribution in [3.05, 3.63) is 41.6 Å². The van der Waals surface area contributed by atoms with Gasteiger partial charge in [0.2, 0.25) is 0 Å². The fourth-order valence-corrected chi connectivity index (χ4v) is 2.11. The maximum atomic E-state index is 5.83. The SMILES string of the molecule is CCCCOc1cc(COc2ccc(C)cc2)nnc1OCCCC. The van der Waals surface area contributed by atoms with Gasteiger partial charge in [0.05, 0.1) is 13.2 Å². The lowest BCUT2D eigenvalue weighted by Gasteiger charge is -2.12. The Morgan fingerprint density at radius 1 is 0.840 bits per heavy atom. The van der Waals surface area contributed by atoms with Crippen LogP contribution in [0.25, 0.3) is 0 Å². The van der Waals surface area contributed by atoms with Gasteiger partial charge < -0.3 is 14.2 Å². The van der Waals surface area contributed by atoms with Gasteiger partial charge in [0, 0.05) is 6.07 Å². The highest BCUT2D eigenvalue weighted by molar-refractivity contribution is 5.34. The Balaban J connectivity index is 2.01. The molecular weight excluding hydrogens is 316 g/mol. The topological polar surface area (TPSA) is 53.5 Å². The van der Waals surface area contributed by atoms with Crippen LogP contribution in [0.3, 0.4) is 0 Å². The fourth-order valence-electron chi connectivity index (χ4n) is 2.11. The van der Waals surface area contributed by atoms with Gasteiger partial charge in [-0.1, -0.05) is 44.4 Å². The lowest BCUT2D eigenvalue weighted by molar-refractivity contribution is 0.246. The molecule has 0 aliphatic heterocycles. The van der Waals surface area contributed by atoms with Gasteiger partial charge in [-0.3, -0.25) is 0 Å². The van der Waals surface area contributed by atoms with Crippen LogP contribution in [-0.4, -0.2) is 23.4 Å². The highest BCUT2D eigenvalue weighted by Gasteiger charge is 2.11. The summed E-state index contributed by atoms with van der Waals surface area (Å²) in [5, 5.41) is 8.38. The van der Waals surface area contributed by atoms with Crippen molar-refractivity contribution in [2.24, 2.45) is 0 Å². The van der Waals surface area contributed by atoms with Crippen LogP contribution in [0.15, 0.2) is 30.3 Å². The molecule has 0 amide bonds. The Kier molecular flexibility index (Phi) is 8.02. The normalized spacial score (nSPS) is 10.5. The summed E-state index contributed by atoms with van der Waals surface area (Å²) < 4.78 is 17.3. The number of rotatable bonds is 11. The predicted molar refractivity (Wildman–Crippen MR) is 98.3 cm³/mol. The quantitative estimate of drug-likeness (QED) is 0.552. The smallest absolute Gasteiger partial charge is 0.276 e. The van der Waals surface area contributed by atoms with E-state index >= 15 is 0 Å². The molecule has 0 spiro atoms. The zero-order chi connectivity index (χ0) is 17.9. The standard InChI is InChI=1S/C20H28N2O3/c1-4-6-12-23-19-14-17(21-22-20(19)24-13-7-5-2)15-25-18-10-8-16(3)9-11-18/h8-11,14H,4-7,12-13,15H2,1-3H3. The number of unbranched alkanes of at least 4 members (excludes halogenated alkanes) is 2. The van der Waals surface area contributed by atoms with Crippen molar-refractivity contribution in [3.8, 4) is 17.4 Å². The number of benzene rings is 1. The summed E-state index contributed by atoms with van der Waals surface area (Å²) in [5.74, 6) is 1.91. The van der Waals surface area contributed by atoms with Crippen LogP contribution in [0, 0.1) is 6.92 Å². The van der Waals surface area contributed by atoms with Crippen LogP contribution in [0.5, 0.6) is 17.4 Å². The summed E-state index contributed by atoms with van der Waals surface area (Å²) in [4.78, 5) is 0. The highest BCUT2D eigenvalue weighted by Crippen LogP contribution is 2.25. The maximum Gasteiger partial charge on any atom is 0.276 e. The lowest BCUT2D eigenvalue weighted by Crippen LogP contribution is -2.07. The third-order valence-electron chi connectivity index (χ3n) is 3.68. The molecule has 136 valence electrons. The Bertz CT molecular complexity index is 629. The lowest BCUT2D eigenvalue weighted by atomic mass is 10.2. The van der Waals surface area contributed by atoms with Crippen LogP contribution in [0.1, 0.15) is 50.8 Å². The van der Waals surface area contributed by atoms with E-state index in [1.165, 1.54) is 5.56 Å². The molecule has 0 radical (unpaired) electrons. The summed E-state index contributed by atoms with van der Waals surface area (Å²) in [6.45, 7) is 7.91. The second-order valence-electron chi connectivity index (χ2n) is 6.01. The van der Waals surface area contributed by atoms with E-state index < -0.39 is 0 Å². The van der Waals surface area contributed by atoms with E-state index in [0.717, 1.165) is 37.1 Å². The number of aromatic nitrogens is 2. The van der Waals surface area contributed by atoms with E-state index in [-0.39, 0.29) is 0 Å². The average molecular weight is 344 g/mol. The van der Waals surface area contributed by atoms with E-state index in [9.17, 15) is 0 Å². The Hall–Kier alpha value is -2.30. The van der Waals surface area contributed by atoms with Gasteiger partial charge in [-0.2, -0.15) is 0 Å². The number of hydrogen-bond donors (Lipinski definition) is 0. The molecule has 0 unspecified atom stereocenters. The Morgan fingerprint density at radius 3 is 2.20 bits per heavy atom. The van der Waals surface area contributed by atoms with Crippen molar-refractivity contribution in [1.82, 2.24) is 10.2 Å². The van der Waals surface area contributed by atoms with Crippen molar-refractivity contribution in [3.63, 3.8) is 0 Å². The van der Waals surface area contributed by atoms with E-state index in [1.54, 1.807) is 0 Å². The molecule has 0 saturated carbocycles. The van der Waals surface area contributed by atoms with Crippen molar-refractivity contribution in [1.29, 1.82) is 0 Å². The molecule has 1 aromatic carbocycles. The van der Waals surface area contributed by atoms with Gasteiger partial charge in [0.15, 0.2) is 5.75 Å². The van der Waals surface area contributed by atoms with Crippen LogP contribution >= 0.6 is 0 Å². The first-order valence-corrected chi connectivity index (χ1v) is 9.04. The van der Waals surface area contributed by atoms with Crippen LogP contribution in [0.2, 0.25) is 0 Å². The van der Waals surface area contributed by atoms with Gasteiger partial charge in [-0.25, -0.2) is 0 Å². The highest BCUT2D eigenvalue weighted by atomic mass is 16.5. The molecule has 5 heteroatoms. The second-order valence-corrected chi connectivity index (χ2v) is 6.01. The molecule has 2 aromatic rings. The van der Waals surface area contributed by atoms with Gasteiger partial charge in [0.1, 0.15) is 18.1 Å². The Morgan fingerprint density at radius 2 is 1.52 bits per heavy atom. The third-order valence-corrected chi connectivity index (χ3v) is 3.68. The molecular formula is C20H28N2O3. The van der Waals surface area contributed by atoms with Gasteiger partial charge >= 0.3 is 0 Å². The monoisotopic (exact) mass is 344 g/mol. The van der Waals surface area contributed by atoms with Gasteiger partial charge in [0.25, 0.3) is 5.88 Å². The number of nitrogens with zero attached hydrogens (tertiary/aromatic N) is 2. The summed E-state index contributed by atoms with van der Waals surface area (Å²) in [7, 11) is 0. The maximum absolute atomic E-state index is 5.83. The molecule has 0 aliphatic carbocycles. The van der Waals surface area contributed by atoms with E-state index in [4.69, 9.17) is 14.2 Å². The molecule has 0 fully saturated rings. The molecule has 0 bridgehead atoms. The molecule has 0 atom stereocenters. The molecule has 0 saturated heterocycles. The Labute approximate surface area is 150 Å². The van der Waals surface area contributed by atoms with E-state index in [1.807, 2.05) is 37.3 Å². The first-order chi connectivity index (χ1) is 12.2. The number of aryl methyl sites for hydroxylation is 1. The molecule has 5 nitrogen and oxygen atoms in total. The zero-order valence-corrected chi connectivity index (χ0v) is 15.5.